The number of rotatable bonds is 8. The molecule has 1 aromatic rings. The van der Waals surface area contributed by atoms with Crippen molar-refractivity contribution in [3.8, 4) is 0 Å². The Morgan fingerprint density at radius 1 is 1.15 bits per heavy atom. The Labute approximate surface area is 126 Å². The number of nitrogens with one attached hydrogen (secondary N) is 1. The van der Waals surface area contributed by atoms with Gasteiger partial charge in [-0.3, -0.25) is 0 Å². The van der Waals surface area contributed by atoms with Gasteiger partial charge in [-0.25, -0.2) is 0 Å². The highest BCUT2D eigenvalue weighted by Crippen LogP contribution is 2.28. The van der Waals surface area contributed by atoms with Crippen LogP contribution >= 0.6 is 0 Å². The average molecular weight is 275 g/mol. The minimum Gasteiger partial charge on any atom is -0.316 e. The van der Waals surface area contributed by atoms with Crippen LogP contribution in [0.15, 0.2) is 18.2 Å². The summed E-state index contributed by atoms with van der Waals surface area (Å²) in [6.07, 6.45) is 3.71. The van der Waals surface area contributed by atoms with Gasteiger partial charge in [-0.15, -0.1) is 0 Å². The molecule has 114 valence electrons. The molecule has 0 fully saturated rings. The summed E-state index contributed by atoms with van der Waals surface area (Å²) in [6, 6.07) is 6.93. The van der Waals surface area contributed by atoms with E-state index in [-0.39, 0.29) is 0 Å². The van der Waals surface area contributed by atoms with Crippen molar-refractivity contribution < 1.29 is 0 Å². The Balaban J connectivity index is 2.71. The lowest BCUT2D eigenvalue weighted by atomic mass is 9.79. The summed E-state index contributed by atoms with van der Waals surface area (Å²) in [5.41, 5.74) is 4.65. The molecule has 0 aliphatic carbocycles. The summed E-state index contributed by atoms with van der Waals surface area (Å²) in [4.78, 5) is 0. The zero-order chi connectivity index (χ0) is 15.2. The highest BCUT2D eigenvalue weighted by Gasteiger charge is 2.23. The monoisotopic (exact) mass is 275 g/mol. The minimum atomic E-state index is 0.366. The highest BCUT2D eigenvalue weighted by atomic mass is 14.9. The van der Waals surface area contributed by atoms with Crippen molar-refractivity contribution in [2.24, 2.45) is 11.3 Å². The Morgan fingerprint density at radius 2 is 1.85 bits per heavy atom. The topological polar surface area (TPSA) is 12.0 Å². The van der Waals surface area contributed by atoms with Gasteiger partial charge in [0.05, 0.1) is 0 Å². The van der Waals surface area contributed by atoms with E-state index in [1.807, 2.05) is 0 Å². The first-order chi connectivity index (χ1) is 9.36. The zero-order valence-corrected chi connectivity index (χ0v) is 14.3. The van der Waals surface area contributed by atoms with Crippen LogP contribution in [0.3, 0.4) is 0 Å². The molecular formula is C19H33N. The summed E-state index contributed by atoms with van der Waals surface area (Å²) < 4.78 is 0. The van der Waals surface area contributed by atoms with Gasteiger partial charge in [0.1, 0.15) is 0 Å². The first-order valence-corrected chi connectivity index (χ1v) is 8.13. The third-order valence-electron chi connectivity index (χ3n) is 4.16. The van der Waals surface area contributed by atoms with E-state index < -0.39 is 0 Å². The van der Waals surface area contributed by atoms with Crippen LogP contribution in [-0.4, -0.2) is 13.1 Å². The maximum Gasteiger partial charge on any atom is 0.000846 e. The number of hydrogen-bond donors (Lipinski definition) is 1. The van der Waals surface area contributed by atoms with Gasteiger partial charge in [0, 0.05) is 6.54 Å². The van der Waals surface area contributed by atoms with Crippen molar-refractivity contribution >= 4 is 0 Å². The molecular weight excluding hydrogens is 242 g/mol. The van der Waals surface area contributed by atoms with Gasteiger partial charge in [0.2, 0.25) is 0 Å². The van der Waals surface area contributed by atoms with E-state index >= 15 is 0 Å². The Hall–Kier alpha value is -0.820. The van der Waals surface area contributed by atoms with Gasteiger partial charge in [-0.05, 0) is 61.3 Å². The van der Waals surface area contributed by atoms with Gasteiger partial charge in [-0.1, -0.05) is 52.3 Å². The van der Waals surface area contributed by atoms with E-state index in [1.165, 1.54) is 36.0 Å². The van der Waals surface area contributed by atoms with E-state index in [9.17, 15) is 0 Å². The molecule has 1 aromatic carbocycles. The minimum absolute atomic E-state index is 0.366. The molecule has 0 radical (unpaired) electrons. The summed E-state index contributed by atoms with van der Waals surface area (Å²) in [7, 11) is 0. The second-order valence-electron chi connectivity index (χ2n) is 7.18. The molecule has 0 aromatic heterocycles. The maximum atomic E-state index is 3.66. The van der Waals surface area contributed by atoms with Crippen molar-refractivity contribution in [3.63, 3.8) is 0 Å². The van der Waals surface area contributed by atoms with Gasteiger partial charge in [0.25, 0.3) is 0 Å². The molecule has 0 aliphatic rings. The van der Waals surface area contributed by atoms with E-state index in [2.05, 4.69) is 65.1 Å². The lowest BCUT2D eigenvalue weighted by Crippen LogP contribution is -2.35. The van der Waals surface area contributed by atoms with E-state index in [1.54, 1.807) is 0 Å². The predicted octanol–water partition coefficient (Wildman–Crippen LogP) is 4.90. The maximum absolute atomic E-state index is 3.66. The van der Waals surface area contributed by atoms with Crippen LogP contribution in [0, 0.1) is 25.2 Å². The third kappa shape index (κ3) is 5.66. The van der Waals surface area contributed by atoms with Crippen molar-refractivity contribution in [2.75, 3.05) is 13.1 Å². The molecule has 0 amide bonds. The first kappa shape index (κ1) is 17.2. The fourth-order valence-corrected chi connectivity index (χ4v) is 2.91. The number of benzene rings is 1. The molecule has 1 N–H and O–H groups in total. The SMILES string of the molecule is CCCC(C)(CNCC(C)C)Cc1ccc(C)c(C)c1. The molecule has 0 heterocycles. The normalized spacial score (nSPS) is 14.6. The molecule has 0 saturated heterocycles. The van der Waals surface area contributed by atoms with Gasteiger partial charge in [-0.2, -0.15) is 0 Å². The van der Waals surface area contributed by atoms with Crippen LogP contribution in [-0.2, 0) is 6.42 Å². The standard InChI is InChI=1S/C19H33N/c1-7-10-19(6,14-20-13-15(2)3)12-18-9-8-16(4)17(5)11-18/h8-9,11,15,20H,7,10,12-14H2,1-6H3. The van der Waals surface area contributed by atoms with Crippen molar-refractivity contribution in [2.45, 2.75) is 60.8 Å². The van der Waals surface area contributed by atoms with Crippen LogP contribution in [0.5, 0.6) is 0 Å². The zero-order valence-electron chi connectivity index (χ0n) is 14.3. The van der Waals surface area contributed by atoms with Gasteiger partial charge in [0.15, 0.2) is 0 Å². The quantitative estimate of drug-likeness (QED) is 0.711. The average Bonchev–Trinajstić information content (AvgIpc) is 2.33. The third-order valence-corrected chi connectivity index (χ3v) is 4.16. The van der Waals surface area contributed by atoms with E-state index in [0.717, 1.165) is 19.0 Å². The number of aryl methyl sites for hydroxylation is 2. The molecule has 1 heteroatoms. The van der Waals surface area contributed by atoms with Gasteiger partial charge < -0.3 is 5.32 Å². The summed E-state index contributed by atoms with van der Waals surface area (Å²) in [5, 5.41) is 3.66. The molecule has 1 atom stereocenters. The predicted molar refractivity (Wildman–Crippen MR) is 90.3 cm³/mol. The lowest BCUT2D eigenvalue weighted by molar-refractivity contribution is 0.271. The molecule has 1 nitrogen and oxygen atoms in total. The smallest absolute Gasteiger partial charge is 0.000846 e. The summed E-state index contributed by atoms with van der Waals surface area (Å²) in [6.45, 7) is 15.9. The van der Waals surface area contributed by atoms with Crippen LogP contribution in [0.2, 0.25) is 0 Å². The summed E-state index contributed by atoms with van der Waals surface area (Å²) >= 11 is 0. The second-order valence-corrected chi connectivity index (χ2v) is 7.18. The molecule has 0 bridgehead atoms. The fraction of sp³-hybridized carbons (Fsp3) is 0.684. The van der Waals surface area contributed by atoms with E-state index in [0.29, 0.717) is 5.41 Å². The van der Waals surface area contributed by atoms with E-state index in [4.69, 9.17) is 0 Å². The molecule has 1 rings (SSSR count). The molecule has 1 unspecified atom stereocenters. The molecule has 20 heavy (non-hydrogen) atoms. The van der Waals surface area contributed by atoms with Crippen LogP contribution in [0.4, 0.5) is 0 Å². The van der Waals surface area contributed by atoms with Crippen molar-refractivity contribution in [1.29, 1.82) is 0 Å². The van der Waals surface area contributed by atoms with Gasteiger partial charge >= 0.3 is 0 Å². The van der Waals surface area contributed by atoms with Crippen molar-refractivity contribution in [3.05, 3.63) is 34.9 Å². The first-order valence-electron chi connectivity index (χ1n) is 8.13. The van der Waals surface area contributed by atoms with Crippen LogP contribution in [0.25, 0.3) is 0 Å². The Morgan fingerprint density at radius 3 is 2.40 bits per heavy atom. The molecule has 0 aliphatic heterocycles. The van der Waals surface area contributed by atoms with Crippen LogP contribution < -0.4 is 5.32 Å². The lowest BCUT2D eigenvalue weighted by Gasteiger charge is -2.30. The fourth-order valence-electron chi connectivity index (χ4n) is 2.91. The molecule has 0 saturated carbocycles. The molecule has 0 spiro atoms. The second kappa shape index (κ2) is 7.83. The highest BCUT2D eigenvalue weighted by molar-refractivity contribution is 5.30. The Kier molecular flexibility index (Phi) is 6.75. The largest absolute Gasteiger partial charge is 0.316 e. The van der Waals surface area contributed by atoms with Crippen molar-refractivity contribution in [1.82, 2.24) is 5.32 Å². The van der Waals surface area contributed by atoms with Crippen LogP contribution in [0.1, 0.15) is 57.2 Å². The number of hydrogen-bond acceptors (Lipinski definition) is 1. The Bertz CT molecular complexity index is 408. The summed E-state index contributed by atoms with van der Waals surface area (Å²) in [5.74, 6) is 0.725.